The molecule has 148 valence electrons. The molecule has 0 aliphatic carbocycles. The number of hydrogen-bond donors (Lipinski definition) is 2. The zero-order valence-corrected chi connectivity index (χ0v) is 16.5. The number of benzene rings is 2. The van der Waals surface area contributed by atoms with E-state index in [4.69, 9.17) is 10.5 Å². The van der Waals surface area contributed by atoms with Crippen LogP contribution in [0.3, 0.4) is 0 Å². The van der Waals surface area contributed by atoms with E-state index in [1.165, 1.54) is 6.33 Å². The van der Waals surface area contributed by atoms with Gasteiger partial charge in [0, 0.05) is 12.7 Å². The summed E-state index contributed by atoms with van der Waals surface area (Å²) >= 11 is 0. The molecule has 3 N–H and O–H groups in total. The third kappa shape index (κ3) is 3.50. The quantitative estimate of drug-likeness (QED) is 0.530. The summed E-state index contributed by atoms with van der Waals surface area (Å²) in [7, 11) is -1.28. The van der Waals surface area contributed by atoms with Crippen LogP contribution in [0, 0.1) is 0 Å². The average molecular weight is 407 g/mol. The maximum Gasteiger partial charge on any atom is 0.147 e. The Morgan fingerprint density at radius 1 is 1.14 bits per heavy atom. The summed E-state index contributed by atoms with van der Waals surface area (Å²) < 4.78 is 24.0. The average Bonchev–Trinajstić information content (AvgIpc) is 3.39. The Kier molecular flexibility index (Phi) is 4.75. The minimum Gasteiger partial charge on any atom is -0.383 e. The van der Waals surface area contributed by atoms with Gasteiger partial charge in [0.1, 0.15) is 35.0 Å². The fourth-order valence-electron chi connectivity index (χ4n) is 3.80. The zero-order chi connectivity index (χ0) is 19.8. The van der Waals surface area contributed by atoms with E-state index in [1.54, 1.807) is 0 Å². The lowest BCUT2D eigenvalue weighted by atomic mass is 10.1. The van der Waals surface area contributed by atoms with Gasteiger partial charge in [0.2, 0.25) is 0 Å². The van der Waals surface area contributed by atoms with Crippen LogP contribution < -0.4 is 10.5 Å². The van der Waals surface area contributed by atoms with Gasteiger partial charge < -0.3 is 15.0 Å². The number of nitrogen functional groups attached to an aromatic ring is 1. The maximum atomic E-state index is 12.7. The van der Waals surface area contributed by atoms with Crippen LogP contribution in [-0.2, 0) is 15.7 Å². The SMILES string of the molecule is Nc1ncnc2c1ccn2C1CCC(CNS(=O)c2ccc3ccccc3c2)O1. The van der Waals surface area contributed by atoms with Gasteiger partial charge >= 0.3 is 0 Å². The molecule has 1 aliphatic heterocycles. The van der Waals surface area contributed by atoms with E-state index in [-0.39, 0.29) is 12.3 Å². The fourth-order valence-corrected chi connectivity index (χ4v) is 4.73. The molecule has 0 spiro atoms. The molecule has 1 saturated heterocycles. The summed E-state index contributed by atoms with van der Waals surface area (Å²) in [5.41, 5.74) is 6.69. The first-order chi connectivity index (χ1) is 14.2. The molecular formula is C21H21N5O2S. The molecule has 1 fully saturated rings. The first-order valence-electron chi connectivity index (χ1n) is 9.55. The van der Waals surface area contributed by atoms with Crippen molar-refractivity contribution in [3.8, 4) is 0 Å². The normalized spacial score (nSPS) is 20.4. The van der Waals surface area contributed by atoms with Crippen molar-refractivity contribution in [1.82, 2.24) is 19.3 Å². The summed E-state index contributed by atoms with van der Waals surface area (Å²) in [6.07, 6.45) is 5.03. The molecule has 2 aromatic carbocycles. The van der Waals surface area contributed by atoms with Gasteiger partial charge in [0.05, 0.1) is 16.4 Å². The lowest BCUT2D eigenvalue weighted by molar-refractivity contribution is 0.00757. The van der Waals surface area contributed by atoms with E-state index in [0.717, 1.165) is 39.5 Å². The molecule has 0 bridgehead atoms. The summed E-state index contributed by atoms with van der Waals surface area (Å²) in [6, 6.07) is 15.8. The lowest BCUT2D eigenvalue weighted by Gasteiger charge is -2.16. The van der Waals surface area contributed by atoms with E-state index in [9.17, 15) is 4.21 Å². The van der Waals surface area contributed by atoms with Crippen LogP contribution in [0.5, 0.6) is 0 Å². The van der Waals surface area contributed by atoms with Crippen molar-refractivity contribution in [2.24, 2.45) is 0 Å². The van der Waals surface area contributed by atoms with Crippen LogP contribution in [0.15, 0.2) is 66.0 Å². The molecule has 0 amide bonds. The largest absolute Gasteiger partial charge is 0.383 e. The number of ether oxygens (including phenoxy) is 1. The van der Waals surface area contributed by atoms with E-state index >= 15 is 0 Å². The molecule has 3 heterocycles. The van der Waals surface area contributed by atoms with Crippen LogP contribution in [0.2, 0.25) is 0 Å². The second-order valence-electron chi connectivity index (χ2n) is 7.14. The van der Waals surface area contributed by atoms with Gasteiger partial charge in [0.15, 0.2) is 0 Å². The van der Waals surface area contributed by atoms with Crippen LogP contribution in [0.25, 0.3) is 21.8 Å². The first-order valence-corrected chi connectivity index (χ1v) is 10.7. The predicted molar refractivity (Wildman–Crippen MR) is 113 cm³/mol. The zero-order valence-electron chi connectivity index (χ0n) is 15.7. The molecule has 3 atom stereocenters. The van der Waals surface area contributed by atoms with E-state index in [1.807, 2.05) is 59.3 Å². The number of fused-ring (bicyclic) bond motifs is 2. The van der Waals surface area contributed by atoms with Gasteiger partial charge in [-0.1, -0.05) is 30.3 Å². The second kappa shape index (κ2) is 7.55. The highest BCUT2D eigenvalue weighted by molar-refractivity contribution is 7.83. The Labute approximate surface area is 170 Å². The summed E-state index contributed by atoms with van der Waals surface area (Å²) in [5, 5.41) is 3.05. The number of nitrogens with two attached hydrogens (primary N) is 1. The minimum absolute atomic E-state index is 0.0129. The van der Waals surface area contributed by atoms with E-state index in [2.05, 4.69) is 14.7 Å². The fraction of sp³-hybridized carbons (Fsp3) is 0.238. The molecule has 5 rings (SSSR count). The van der Waals surface area contributed by atoms with Gasteiger partial charge in [-0.2, -0.15) is 0 Å². The Hall–Kier alpha value is -2.81. The molecule has 4 aromatic rings. The summed E-state index contributed by atoms with van der Waals surface area (Å²) in [6.45, 7) is 0.520. The van der Waals surface area contributed by atoms with Gasteiger partial charge in [-0.25, -0.2) is 18.9 Å². The Morgan fingerprint density at radius 2 is 2.00 bits per heavy atom. The lowest BCUT2D eigenvalue weighted by Crippen LogP contribution is -2.28. The van der Waals surface area contributed by atoms with Crippen LogP contribution >= 0.6 is 0 Å². The summed E-state index contributed by atoms with van der Waals surface area (Å²) in [5.74, 6) is 0.468. The number of hydrogen-bond acceptors (Lipinski definition) is 5. The molecule has 8 heteroatoms. The topological polar surface area (TPSA) is 95.1 Å². The van der Waals surface area contributed by atoms with Crippen molar-refractivity contribution in [2.75, 3.05) is 12.3 Å². The van der Waals surface area contributed by atoms with E-state index in [0.29, 0.717) is 12.4 Å². The van der Waals surface area contributed by atoms with Crippen LogP contribution in [0.1, 0.15) is 19.1 Å². The predicted octanol–water partition coefficient (Wildman–Crippen LogP) is 3.16. The van der Waals surface area contributed by atoms with Gasteiger partial charge in [-0.15, -0.1) is 0 Å². The molecule has 1 aliphatic rings. The Morgan fingerprint density at radius 3 is 2.90 bits per heavy atom. The van der Waals surface area contributed by atoms with Crippen molar-refractivity contribution in [3.63, 3.8) is 0 Å². The number of rotatable bonds is 5. The molecule has 0 radical (unpaired) electrons. The molecule has 29 heavy (non-hydrogen) atoms. The van der Waals surface area contributed by atoms with Crippen molar-refractivity contribution >= 4 is 38.6 Å². The van der Waals surface area contributed by atoms with Crippen LogP contribution in [0.4, 0.5) is 5.82 Å². The molecule has 2 aromatic heterocycles. The van der Waals surface area contributed by atoms with Gasteiger partial charge in [-0.3, -0.25) is 0 Å². The number of aromatic nitrogens is 3. The van der Waals surface area contributed by atoms with Crippen molar-refractivity contribution in [1.29, 1.82) is 0 Å². The molecule has 7 nitrogen and oxygen atoms in total. The van der Waals surface area contributed by atoms with E-state index < -0.39 is 11.0 Å². The van der Waals surface area contributed by atoms with Crippen molar-refractivity contribution < 1.29 is 8.95 Å². The van der Waals surface area contributed by atoms with Gasteiger partial charge in [0.25, 0.3) is 0 Å². The summed E-state index contributed by atoms with van der Waals surface area (Å²) in [4.78, 5) is 9.13. The highest BCUT2D eigenvalue weighted by Gasteiger charge is 2.28. The monoisotopic (exact) mass is 407 g/mol. The second-order valence-corrected chi connectivity index (χ2v) is 8.43. The Balaban J connectivity index is 1.24. The van der Waals surface area contributed by atoms with Crippen LogP contribution in [-0.4, -0.2) is 31.4 Å². The number of nitrogens with one attached hydrogen (secondary N) is 1. The number of nitrogens with zero attached hydrogens (tertiary/aromatic N) is 3. The van der Waals surface area contributed by atoms with Crippen molar-refractivity contribution in [3.05, 3.63) is 61.1 Å². The smallest absolute Gasteiger partial charge is 0.147 e. The standard InChI is InChI=1S/C21H21N5O2S/c22-20-18-9-10-26(21(18)24-13-23-20)19-8-6-16(28-19)12-25-29(27)17-7-5-14-3-1-2-4-15(14)11-17/h1-5,7,9-11,13,16,19,25H,6,8,12H2,(H2,22,23,24). The minimum atomic E-state index is -1.28. The molecule has 0 saturated carbocycles. The van der Waals surface area contributed by atoms with Gasteiger partial charge in [-0.05, 0) is 41.8 Å². The van der Waals surface area contributed by atoms with Crippen molar-refractivity contribution in [2.45, 2.75) is 30.1 Å². The highest BCUT2D eigenvalue weighted by Crippen LogP contribution is 2.31. The molecular weight excluding hydrogens is 386 g/mol. The number of anilines is 1. The Bertz CT molecular complexity index is 1210. The highest BCUT2D eigenvalue weighted by atomic mass is 32.2. The third-order valence-corrected chi connectivity index (χ3v) is 6.42. The maximum absolute atomic E-state index is 12.7. The third-order valence-electron chi connectivity index (χ3n) is 5.31. The first kappa shape index (κ1) is 18.2. The molecule has 3 unspecified atom stereocenters.